The quantitative estimate of drug-likeness (QED) is 0.506. The minimum Gasteiger partial charge on any atom is -0.102 e. The molecule has 0 aliphatic heterocycles. The van der Waals surface area contributed by atoms with E-state index in [-0.39, 0.29) is 0 Å². The first-order valence-electron chi connectivity index (χ1n) is 3.30. The van der Waals surface area contributed by atoms with Crippen LogP contribution >= 0.6 is 0 Å². The van der Waals surface area contributed by atoms with Crippen molar-refractivity contribution in [1.29, 1.82) is 0 Å². The Hall–Kier alpha value is -0.520. The van der Waals surface area contributed by atoms with E-state index in [2.05, 4.69) is 39.5 Å². The van der Waals surface area contributed by atoms with Crippen LogP contribution in [0.5, 0.6) is 0 Å². The van der Waals surface area contributed by atoms with E-state index in [4.69, 9.17) is 0 Å². The van der Waals surface area contributed by atoms with Crippen LogP contribution in [-0.2, 0) is 0 Å². The van der Waals surface area contributed by atoms with Crippen molar-refractivity contribution in [2.24, 2.45) is 11.8 Å². The molecule has 0 aromatic heterocycles. The van der Waals surface area contributed by atoms with Crippen LogP contribution in [0.2, 0.25) is 0 Å². The molecule has 0 aliphatic rings. The molecule has 2 atom stereocenters. The summed E-state index contributed by atoms with van der Waals surface area (Å²) < 4.78 is 0. The Morgan fingerprint density at radius 1 is 1.22 bits per heavy atom. The van der Waals surface area contributed by atoms with E-state index in [1.165, 1.54) is 0 Å². The van der Waals surface area contributed by atoms with E-state index < -0.39 is 0 Å². The van der Waals surface area contributed by atoms with Gasteiger partial charge in [0, 0.05) is 0 Å². The molecule has 1 radical (unpaired) electrons. The Bertz CT molecular complexity index is 98.6. The van der Waals surface area contributed by atoms with Gasteiger partial charge in [0.05, 0.1) is 0 Å². The van der Waals surface area contributed by atoms with Crippen LogP contribution < -0.4 is 0 Å². The predicted molar refractivity (Wildman–Crippen MR) is 43.0 cm³/mol. The smallest absolute Gasteiger partial charge is 0.00845 e. The van der Waals surface area contributed by atoms with Gasteiger partial charge < -0.3 is 0 Å². The van der Waals surface area contributed by atoms with Crippen LogP contribution in [0.1, 0.15) is 13.8 Å². The van der Waals surface area contributed by atoms with E-state index >= 15 is 0 Å². The second kappa shape index (κ2) is 4.37. The third-order valence-corrected chi connectivity index (χ3v) is 1.11. The molecule has 0 heterocycles. The van der Waals surface area contributed by atoms with Gasteiger partial charge in [0.15, 0.2) is 0 Å². The predicted octanol–water partition coefficient (Wildman–Crippen LogP) is 2.83. The van der Waals surface area contributed by atoms with Crippen molar-refractivity contribution in [1.82, 2.24) is 0 Å². The largest absolute Gasteiger partial charge is 0.102 e. The van der Waals surface area contributed by atoms with Gasteiger partial charge in [0.25, 0.3) is 0 Å². The fourth-order valence-electron chi connectivity index (χ4n) is 0.444. The summed E-state index contributed by atoms with van der Waals surface area (Å²) in [5.74, 6) is 0.890. The van der Waals surface area contributed by atoms with Gasteiger partial charge in [-0.3, -0.25) is 0 Å². The Balaban J connectivity index is 3.56. The zero-order valence-electron chi connectivity index (χ0n) is 6.30. The molecule has 0 aliphatic carbocycles. The Kier molecular flexibility index (Phi) is 4.12. The second-order valence-electron chi connectivity index (χ2n) is 2.46. The second-order valence-corrected chi connectivity index (χ2v) is 2.46. The van der Waals surface area contributed by atoms with Crippen LogP contribution in [0.4, 0.5) is 0 Å². The summed E-state index contributed by atoms with van der Waals surface area (Å²) in [5.41, 5.74) is 0. The van der Waals surface area contributed by atoms with E-state index in [1.807, 2.05) is 6.08 Å². The summed E-state index contributed by atoms with van der Waals surface area (Å²) in [6.45, 7) is 11.7. The summed E-state index contributed by atoms with van der Waals surface area (Å²) in [6, 6.07) is 0. The van der Waals surface area contributed by atoms with Crippen molar-refractivity contribution in [3.05, 3.63) is 31.7 Å². The molecule has 0 saturated heterocycles. The molecule has 0 bridgehead atoms. The van der Waals surface area contributed by atoms with Gasteiger partial charge in [-0.05, 0) is 18.8 Å². The minimum atomic E-state index is 0.410. The Morgan fingerprint density at radius 3 is 2.11 bits per heavy atom. The zero-order chi connectivity index (χ0) is 7.28. The van der Waals surface area contributed by atoms with E-state index in [0.717, 1.165) is 0 Å². The van der Waals surface area contributed by atoms with Gasteiger partial charge in [-0.15, -0.1) is 6.58 Å². The average Bonchev–Trinajstić information content (AvgIpc) is 1.83. The molecule has 0 amide bonds. The molecule has 0 spiro atoms. The summed E-state index contributed by atoms with van der Waals surface area (Å²) in [6.07, 6.45) is 6.12. The highest BCUT2D eigenvalue weighted by molar-refractivity contribution is 4.97. The van der Waals surface area contributed by atoms with Crippen molar-refractivity contribution in [3.63, 3.8) is 0 Å². The van der Waals surface area contributed by atoms with E-state index in [1.54, 1.807) is 0 Å². The molecule has 0 rings (SSSR count). The van der Waals surface area contributed by atoms with Crippen molar-refractivity contribution in [2.75, 3.05) is 0 Å². The summed E-state index contributed by atoms with van der Waals surface area (Å²) >= 11 is 0. The van der Waals surface area contributed by atoms with Gasteiger partial charge >= 0.3 is 0 Å². The lowest BCUT2D eigenvalue weighted by atomic mass is 10.1. The molecular formula is C9H15. The molecule has 0 aromatic carbocycles. The fourth-order valence-corrected chi connectivity index (χ4v) is 0.444. The maximum Gasteiger partial charge on any atom is -0.00845 e. The highest BCUT2D eigenvalue weighted by atomic mass is 13.9. The van der Waals surface area contributed by atoms with E-state index in [0.29, 0.717) is 11.8 Å². The molecule has 51 valence electrons. The molecule has 0 heteroatoms. The van der Waals surface area contributed by atoms with Gasteiger partial charge in [-0.2, -0.15) is 0 Å². The van der Waals surface area contributed by atoms with Crippen LogP contribution in [0.3, 0.4) is 0 Å². The average molecular weight is 123 g/mol. The maximum absolute atomic E-state index is 3.82. The molecule has 0 nitrogen and oxygen atoms in total. The number of hydrogen-bond donors (Lipinski definition) is 0. The first-order chi connectivity index (χ1) is 4.16. The molecule has 0 fully saturated rings. The minimum absolute atomic E-state index is 0.410. The summed E-state index contributed by atoms with van der Waals surface area (Å²) in [5, 5.41) is 0. The highest BCUT2D eigenvalue weighted by Gasteiger charge is 1.87. The summed E-state index contributed by atoms with van der Waals surface area (Å²) in [4.78, 5) is 0. The van der Waals surface area contributed by atoms with Crippen LogP contribution in [0.15, 0.2) is 24.8 Å². The van der Waals surface area contributed by atoms with Gasteiger partial charge in [0.2, 0.25) is 0 Å². The molecule has 0 aromatic rings. The number of hydrogen-bond acceptors (Lipinski definition) is 0. The topological polar surface area (TPSA) is 0 Å². The number of allylic oxidation sites excluding steroid dienone is 3. The summed E-state index contributed by atoms with van der Waals surface area (Å²) in [7, 11) is 0. The van der Waals surface area contributed by atoms with Crippen LogP contribution in [-0.4, -0.2) is 0 Å². The Morgan fingerprint density at radius 2 is 1.78 bits per heavy atom. The molecule has 0 saturated carbocycles. The van der Waals surface area contributed by atoms with E-state index in [9.17, 15) is 0 Å². The Labute approximate surface area is 58.3 Å². The van der Waals surface area contributed by atoms with Crippen LogP contribution in [0, 0.1) is 18.8 Å². The lowest BCUT2D eigenvalue weighted by Gasteiger charge is -1.96. The fraction of sp³-hybridized carbons (Fsp3) is 0.444. The lowest BCUT2D eigenvalue weighted by Crippen LogP contribution is -1.83. The first kappa shape index (κ1) is 8.48. The SMILES string of the molecule is [CH2]C(C)/C=C\C(C)C=C. The van der Waals surface area contributed by atoms with Crippen molar-refractivity contribution in [2.45, 2.75) is 13.8 Å². The molecular weight excluding hydrogens is 108 g/mol. The monoisotopic (exact) mass is 123 g/mol. The number of rotatable bonds is 3. The highest BCUT2D eigenvalue weighted by Crippen LogP contribution is 2.01. The van der Waals surface area contributed by atoms with Gasteiger partial charge in [-0.25, -0.2) is 0 Å². The third kappa shape index (κ3) is 5.35. The van der Waals surface area contributed by atoms with Crippen molar-refractivity contribution >= 4 is 0 Å². The van der Waals surface area contributed by atoms with Crippen molar-refractivity contribution in [3.8, 4) is 0 Å². The molecule has 9 heavy (non-hydrogen) atoms. The van der Waals surface area contributed by atoms with Crippen LogP contribution in [0.25, 0.3) is 0 Å². The zero-order valence-corrected chi connectivity index (χ0v) is 6.30. The normalized spacial score (nSPS) is 14.7. The maximum atomic E-state index is 3.82. The third-order valence-electron chi connectivity index (χ3n) is 1.11. The van der Waals surface area contributed by atoms with Gasteiger partial charge in [-0.1, -0.05) is 32.1 Å². The lowest BCUT2D eigenvalue weighted by molar-refractivity contribution is 0.881. The standard InChI is InChI=1S/C9H15/c1-5-9(4)7-6-8(2)3/h5-9H,1-2H2,3-4H3/b7-6-. The first-order valence-corrected chi connectivity index (χ1v) is 3.30. The molecule has 0 N–H and O–H groups in total. The van der Waals surface area contributed by atoms with Gasteiger partial charge in [0.1, 0.15) is 0 Å². The molecule has 2 unspecified atom stereocenters. The van der Waals surface area contributed by atoms with Crippen molar-refractivity contribution < 1.29 is 0 Å².